The van der Waals surface area contributed by atoms with Crippen LogP contribution in [0.4, 0.5) is 0 Å². The third-order valence-corrected chi connectivity index (χ3v) is 4.15. The van der Waals surface area contributed by atoms with Crippen LogP contribution in [-0.4, -0.2) is 45.5 Å². The largest absolute Gasteiger partial charge is 0.477 e. The minimum Gasteiger partial charge on any atom is -0.477 e. The summed E-state index contributed by atoms with van der Waals surface area (Å²) in [4.78, 5) is 18.1. The highest BCUT2D eigenvalue weighted by Gasteiger charge is 2.20. The molecule has 3 rings (SSSR count). The van der Waals surface area contributed by atoms with Gasteiger partial charge < -0.3 is 10.0 Å². The smallest absolute Gasteiger partial charge is 0.352 e. The standard InChI is InChI=1S/C15H19N3O2/c1-17-7-5-11(6-8-17)9-14-16-10-12-3-2-4-13(15(19)20)18(12)14/h2-4,10-11H,5-9H2,1H3,(H,19,20). The highest BCUT2D eigenvalue weighted by atomic mass is 16.4. The van der Waals surface area contributed by atoms with Crippen LogP contribution in [0.2, 0.25) is 0 Å². The van der Waals surface area contributed by atoms with E-state index in [0.29, 0.717) is 11.6 Å². The van der Waals surface area contributed by atoms with Gasteiger partial charge in [0.15, 0.2) is 0 Å². The number of carboxylic acid groups (broad SMARTS) is 1. The number of carboxylic acids is 1. The third-order valence-electron chi connectivity index (χ3n) is 4.15. The first-order valence-electron chi connectivity index (χ1n) is 7.02. The van der Waals surface area contributed by atoms with Gasteiger partial charge in [-0.1, -0.05) is 6.07 Å². The molecule has 0 atom stereocenters. The van der Waals surface area contributed by atoms with Crippen LogP contribution in [0.3, 0.4) is 0 Å². The van der Waals surface area contributed by atoms with E-state index in [-0.39, 0.29) is 0 Å². The Morgan fingerprint density at radius 1 is 1.40 bits per heavy atom. The Bertz CT molecular complexity index is 627. The molecule has 106 valence electrons. The summed E-state index contributed by atoms with van der Waals surface area (Å²) < 4.78 is 1.78. The van der Waals surface area contributed by atoms with Gasteiger partial charge >= 0.3 is 5.97 Å². The fourth-order valence-corrected chi connectivity index (χ4v) is 2.95. The van der Waals surface area contributed by atoms with E-state index >= 15 is 0 Å². The topological polar surface area (TPSA) is 57.8 Å². The van der Waals surface area contributed by atoms with Crippen LogP contribution in [0.5, 0.6) is 0 Å². The molecule has 0 saturated carbocycles. The number of hydrogen-bond donors (Lipinski definition) is 1. The van der Waals surface area contributed by atoms with Crippen molar-refractivity contribution in [2.24, 2.45) is 5.92 Å². The second kappa shape index (κ2) is 5.25. The number of carbonyl (C=O) groups is 1. The average molecular weight is 273 g/mol. The van der Waals surface area contributed by atoms with Crippen molar-refractivity contribution in [1.29, 1.82) is 0 Å². The molecule has 20 heavy (non-hydrogen) atoms. The second-order valence-electron chi connectivity index (χ2n) is 5.60. The van der Waals surface area contributed by atoms with E-state index < -0.39 is 5.97 Å². The number of aromatic nitrogens is 2. The van der Waals surface area contributed by atoms with Crippen molar-refractivity contribution in [1.82, 2.24) is 14.3 Å². The predicted octanol–water partition coefficient (Wildman–Crippen LogP) is 1.92. The molecule has 2 aromatic heterocycles. The van der Waals surface area contributed by atoms with Gasteiger partial charge in [-0.2, -0.15) is 0 Å². The summed E-state index contributed by atoms with van der Waals surface area (Å²) in [5, 5.41) is 9.31. The van der Waals surface area contributed by atoms with E-state index in [4.69, 9.17) is 0 Å². The zero-order valence-electron chi connectivity index (χ0n) is 11.6. The zero-order chi connectivity index (χ0) is 14.1. The van der Waals surface area contributed by atoms with Crippen LogP contribution in [0.1, 0.15) is 29.2 Å². The van der Waals surface area contributed by atoms with Gasteiger partial charge in [-0.3, -0.25) is 4.40 Å². The van der Waals surface area contributed by atoms with Gasteiger partial charge in [0.05, 0.1) is 11.7 Å². The van der Waals surface area contributed by atoms with Crippen LogP contribution < -0.4 is 0 Å². The summed E-state index contributed by atoms with van der Waals surface area (Å²) in [6.07, 6.45) is 4.92. The molecule has 0 spiro atoms. The molecular weight excluding hydrogens is 254 g/mol. The fraction of sp³-hybridized carbons (Fsp3) is 0.467. The molecule has 1 saturated heterocycles. The van der Waals surface area contributed by atoms with E-state index in [0.717, 1.165) is 43.7 Å². The van der Waals surface area contributed by atoms with Crippen molar-refractivity contribution < 1.29 is 9.90 Å². The lowest BCUT2D eigenvalue weighted by Gasteiger charge is -2.28. The SMILES string of the molecule is CN1CCC(Cc2ncc3cccc(C(=O)O)n23)CC1. The van der Waals surface area contributed by atoms with Crippen molar-refractivity contribution in [3.05, 3.63) is 35.9 Å². The number of nitrogens with zero attached hydrogens (tertiary/aromatic N) is 3. The molecule has 1 aliphatic rings. The Morgan fingerprint density at radius 2 is 2.15 bits per heavy atom. The van der Waals surface area contributed by atoms with Crippen molar-refractivity contribution in [3.63, 3.8) is 0 Å². The molecule has 0 unspecified atom stereocenters. The lowest BCUT2D eigenvalue weighted by molar-refractivity contribution is 0.0688. The number of hydrogen-bond acceptors (Lipinski definition) is 3. The van der Waals surface area contributed by atoms with Gasteiger partial charge in [0.25, 0.3) is 0 Å². The number of likely N-dealkylation sites (tertiary alicyclic amines) is 1. The number of piperidine rings is 1. The van der Waals surface area contributed by atoms with Gasteiger partial charge in [-0.15, -0.1) is 0 Å². The molecule has 2 aromatic rings. The number of fused-ring (bicyclic) bond motifs is 1. The summed E-state index contributed by atoms with van der Waals surface area (Å²) in [5.74, 6) is 0.560. The average Bonchev–Trinajstić information content (AvgIpc) is 2.84. The summed E-state index contributed by atoms with van der Waals surface area (Å²) in [6.45, 7) is 2.22. The van der Waals surface area contributed by atoms with Gasteiger partial charge in [0, 0.05) is 6.42 Å². The number of imidazole rings is 1. The molecule has 0 amide bonds. The lowest BCUT2D eigenvalue weighted by Crippen LogP contribution is -2.31. The maximum atomic E-state index is 11.3. The van der Waals surface area contributed by atoms with Crippen LogP contribution in [-0.2, 0) is 6.42 Å². The Kier molecular flexibility index (Phi) is 3.44. The Balaban J connectivity index is 1.90. The molecule has 0 aliphatic carbocycles. The number of rotatable bonds is 3. The Hall–Kier alpha value is -1.88. The molecule has 1 N–H and O–H groups in total. The summed E-state index contributed by atoms with van der Waals surface area (Å²) >= 11 is 0. The minimum atomic E-state index is -0.904. The van der Waals surface area contributed by atoms with Gasteiger partial charge in [-0.25, -0.2) is 9.78 Å². The number of pyridine rings is 1. The maximum absolute atomic E-state index is 11.3. The minimum absolute atomic E-state index is 0.294. The first-order chi connectivity index (χ1) is 9.65. The second-order valence-corrected chi connectivity index (χ2v) is 5.60. The van der Waals surface area contributed by atoms with Gasteiger partial charge in [0.1, 0.15) is 11.5 Å². The van der Waals surface area contributed by atoms with Crippen LogP contribution in [0, 0.1) is 5.92 Å². The van der Waals surface area contributed by atoms with Gasteiger partial charge in [-0.05, 0) is 51.0 Å². The Labute approximate surface area is 117 Å². The van der Waals surface area contributed by atoms with Crippen molar-refractivity contribution in [3.8, 4) is 0 Å². The highest BCUT2D eigenvalue weighted by Crippen LogP contribution is 2.22. The van der Waals surface area contributed by atoms with Crippen LogP contribution >= 0.6 is 0 Å². The highest BCUT2D eigenvalue weighted by molar-refractivity contribution is 5.86. The first kappa shape index (κ1) is 13.1. The summed E-state index contributed by atoms with van der Waals surface area (Å²) in [6, 6.07) is 5.30. The van der Waals surface area contributed by atoms with Crippen LogP contribution in [0.25, 0.3) is 5.52 Å². The molecule has 5 nitrogen and oxygen atoms in total. The van der Waals surface area contributed by atoms with E-state index in [2.05, 4.69) is 16.9 Å². The summed E-state index contributed by atoms with van der Waals surface area (Å²) in [7, 11) is 2.14. The molecule has 3 heterocycles. The molecule has 0 aromatic carbocycles. The molecule has 1 aliphatic heterocycles. The van der Waals surface area contributed by atoms with Crippen molar-refractivity contribution in [2.45, 2.75) is 19.3 Å². The monoisotopic (exact) mass is 273 g/mol. The quantitative estimate of drug-likeness (QED) is 0.928. The number of aromatic carboxylic acids is 1. The van der Waals surface area contributed by atoms with Crippen molar-refractivity contribution >= 4 is 11.5 Å². The first-order valence-corrected chi connectivity index (χ1v) is 7.02. The molecule has 5 heteroatoms. The van der Waals surface area contributed by atoms with E-state index in [9.17, 15) is 9.90 Å². The molecular formula is C15H19N3O2. The normalized spacial score (nSPS) is 17.6. The van der Waals surface area contributed by atoms with E-state index in [1.165, 1.54) is 0 Å². The predicted molar refractivity (Wildman–Crippen MR) is 76.1 cm³/mol. The van der Waals surface area contributed by atoms with E-state index in [1.54, 1.807) is 22.7 Å². The van der Waals surface area contributed by atoms with E-state index in [1.807, 2.05) is 6.07 Å². The molecule has 1 fully saturated rings. The Morgan fingerprint density at radius 3 is 2.85 bits per heavy atom. The molecule has 0 radical (unpaired) electrons. The zero-order valence-corrected chi connectivity index (χ0v) is 11.6. The summed E-state index contributed by atoms with van der Waals surface area (Å²) in [5.41, 5.74) is 1.15. The fourth-order valence-electron chi connectivity index (χ4n) is 2.95. The maximum Gasteiger partial charge on any atom is 0.352 e. The van der Waals surface area contributed by atoms with Crippen molar-refractivity contribution in [2.75, 3.05) is 20.1 Å². The third kappa shape index (κ3) is 2.41. The molecule has 0 bridgehead atoms. The van der Waals surface area contributed by atoms with Gasteiger partial charge in [0.2, 0.25) is 0 Å². The lowest BCUT2D eigenvalue weighted by atomic mass is 9.93. The van der Waals surface area contributed by atoms with Crippen LogP contribution in [0.15, 0.2) is 24.4 Å².